The maximum atomic E-state index is 11.3. The lowest BCUT2D eigenvalue weighted by molar-refractivity contribution is 0.103. The van der Waals surface area contributed by atoms with Crippen LogP contribution in [0.15, 0.2) is 17.2 Å². The van der Waals surface area contributed by atoms with Crippen molar-refractivity contribution in [1.82, 2.24) is 9.13 Å². The van der Waals surface area contributed by atoms with Crippen molar-refractivity contribution in [1.29, 1.82) is 0 Å². The van der Waals surface area contributed by atoms with E-state index in [0.717, 1.165) is 9.13 Å². The Morgan fingerprint density at radius 1 is 1.17 bits per heavy atom. The quantitative estimate of drug-likeness (QED) is 0.642. The van der Waals surface area contributed by atoms with Crippen LogP contribution in [-0.2, 0) is 0 Å². The summed E-state index contributed by atoms with van der Waals surface area (Å²) in [5, 5.41) is 18.1. The highest BCUT2D eigenvalue weighted by molar-refractivity contribution is 4.83. The van der Waals surface area contributed by atoms with Crippen molar-refractivity contribution in [2.24, 2.45) is 0 Å². The molecule has 12 heavy (non-hydrogen) atoms. The summed E-state index contributed by atoms with van der Waals surface area (Å²) in [6, 6.07) is 0. The molecule has 2 unspecified atom stereocenters. The van der Waals surface area contributed by atoms with Gasteiger partial charge >= 0.3 is 5.69 Å². The second kappa shape index (κ2) is 3.12. The summed E-state index contributed by atoms with van der Waals surface area (Å²) in [7, 11) is 0. The van der Waals surface area contributed by atoms with Crippen molar-refractivity contribution in [3.05, 3.63) is 22.9 Å². The first kappa shape index (κ1) is 9.02. The van der Waals surface area contributed by atoms with Crippen molar-refractivity contribution >= 4 is 0 Å². The third-order valence-corrected chi connectivity index (χ3v) is 1.63. The monoisotopic (exact) mass is 172 g/mol. The lowest BCUT2D eigenvalue weighted by atomic mass is 10.6. The molecule has 0 fully saturated rings. The molecule has 0 aliphatic rings. The average molecular weight is 172 g/mol. The smallest absolute Gasteiger partial charge is 0.332 e. The van der Waals surface area contributed by atoms with Crippen LogP contribution in [0.5, 0.6) is 0 Å². The Kier molecular flexibility index (Phi) is 2.35. The predicted molar refractivity (Wildman–Crippen MR) is 42.6 cm³/mol. The fourth-order valence-electron chi connectivity index (χ4n) is 0.973. The second-order valence-electron chi connectivity index (χ2n) is 2.66. The molecule has 1 rings (SSSR count). The zero-order valence-electron chi connectivity index (χ0n) is 7.01. The SMILES string of the molecule is CC(O)n1ccn(C(C)O)c1=O. The Morgan fingerprint density at radius 2 is 1.50 bits per heavy atom. The third kappa shape index (κ3) is 1.41. The van der Waals surface area contributed by atoms with E-state index < -0.39 is 18.1 Å². The zero-order valence-corrected chi connectivity index (χ0v) is 7.01. The summed E-state index contributed by atoms with van der Waals surface area (Å²) in [6.07, 6.45) is 1.13. The van der Waals surface area contributed by atoms with E-state index in [1.807, 2.05) is 0 Å². The number of aromatic nitrogens is 2. The number of nitrogens with zero attached hydrogens (tertiary/aromatic N) is 2. The van der Waals surface area contributed by atoms with Crippen LogP contribution < -0.4 is 5.69 Å². The Hall–Kier alpha value is -1.07. The average Bonchev–Trinajstić information content (AvgIpc) is 2.30. The molecule has 0 aromatic carbocycles. The number of aliphatic hydroxyl groups excluding tert-OH is 2. The lowest BCUT2D eigenvalue weighted by Crippen LogP contribution is -2.27. The molecule has 5 heteroatoms. The Morgan fingerprint density at radius 3 is 1.67 bits per heavy atom. The molecule has 0 saturated carbocycles. The molecule has 2 N–H and O–H groups in total. The first-order valence-corrected chi connectivity index (χ1v) is 3.69. The fraction of sp³-hybridized carbons (Fsp3) is 0.571. The standard InChI is InChI=1S/C7H12N2O3/c1-5(10)8-3-4-9(6(2)11)7(8)12/h3-6,10-11H,1-2H3. The molecular formula is C7H12N2O3. The highest BCUT2D eigenvalue weighted by atomic mass is 16.3. The van der Waals surface area contributed by atoms with Crippen LogP contribution in [0.4, 0.5) is 0 Å². The molecule has 5 nitrogen and oxygen atoms in total. The van der Waals surface area contributed by atoms with Crippen LogP contribution in [0.1, 0.15) is 26.3 Å². The van der Waals surface area contributed by atoms with Gasteiger partial charge in [0.1, 0.15) is 12.5 Å². The van der Waals surface area contributed by atoms with Gasteiger partial charge in [0.25, 0.3) is 0 Å². The van der Waals surface area contributed by atoms with Gasteiger partial charge in [-0.1, -0.05) is 0 Å². The predicted octanol–water partition coefficient (Wildman–Crippen LogP) is -0.329. The van der Waals surface area contributed by atoms with Gasteiger partial charge in [-0.15, -0.1) is 0 Å². The third-order valence-electron chi connectivity index (χ3n) is 1.63. The molecule has 0 amide bonds. The Balaban J connectivity index is 3.14. The molecule has 1 heterocycles. The van der Waals surface area contributed by atoms with Crippen LogP contribution in [0.25, 0.3) is 0 Å². The first-order valence-electron chi connectivity index (χ1n) is 3.69. The number of rotatable bonds is 2. The van der Waals surface area contributed by atoms with Crippen LogP contribution in [0.2, 0.25) is 0 Å². The van der Waals surface area contributed by atoms with Crippen molar-refractivity contribution in [3.8, 4) is 0 Å². The zero-order chi connectivity index (χ0) is 9.30. The first-order chi connectivity index (χ1) is 5.54. The van der Waals surface area contributed by atoms with E-state index in [4.69, 9.17) is 10.2 Å². The van der Waals surface area contributed by atoms with Crippen LogP contribution in [0, 0.1) is 0 Å². The summed E-state index contributed by atoms with van der Waals surface area (Å²) >= 11 is 0. The minimum Gasteiger partial charge on any atom is -0.373 e. The van der Waals surface area contributed by atoms with Gasteiger partial charge in [0.15, 0.2) is 0 Å². The molecule has 68 valence electrons. The summed E-state index contributed by atoms with van der Waals surface area (Å²) in [6.45, 7) is 2.96. The molecular weight excluding hydrogens is 160 g/mol. The number of aliphatic hydroxyl groups is 2. The molecule has 1 aromatic heterocycles. The van der Waals surface area contributed by atoms with Crippen molar-refractivity contribution in [2.75, 3.05) is 0 Å². The molecule has 1 aromatic rings. The van der Waals surface area contributed by atoms with Gasteiger partial charge in [0, 0.05) is 12.4 Å². The number of hydrogen-bond acceptors (Lipinski definition) is 3. The van der Waals surface area contributed by atoms with Gasteiger partial charge in [0.05, 0.1) is 0 Å². The topological polar surface area (TPSA) is 67.4 Å². The van der Waals surface area contributed by atoms with Gasteiger partial charge < -0.3 is 10.2 Å². The maximum absolute atomic E-state index is 11.3. The van der Waals surface area contributed by atoms with Gasteiger partial charge in [-0.2, -0.15) is 0 Å². The number of hydrogen-bond donors (Lipinski definition) is 2. The van der Waals surface area contributed by atoms with E-state index in [2.05, 4.69) is 0 Å². The summed E-state index contributed by atoms with van der Waals surface area (Å²) in [5.74, 6) is 0. The van der Waals surface area contributed by atoms with E-state index in [-0.39, 0.29) is 0 Å². The van der Waals surface area contributed by atoms with Gasteiger partial charge in [-0.3, -0.25) is 9.13 Å². The van der Waals surface area contributed by atoms with Gasteiger partial charge in [0.2, 0.25) is 0 Å². The van der Waals surface area contributed by atoms with Crippen LogP contribution in [-0.4, -0.2) is 19.3 Å². The number of imidazole rings is 1. The molecule has 0 spiro atoms. The molecule has 0 radical (unpaired) electrons. The molecule has 0 aliphatic carbocycles. The molecule has 2 atom stereocenters. The molecule has 0 saturated heterocycles. The Bertz CT molecular complexity index is 282. The summed E-state index contributed by atoms with van der Waals surface area (Å²) < 4.78 is 2.26. The normalized spacial score (nSPS) is 16.0. The second-order valence-corrected chi connectivity index (χ2v) is 2.66. The minimum atomic E-state index is -0.863. The van der Waals surface area contributed by atoms with Gasteiger partial charge in [-0.25, -0.2) is 4.79 Å². The van der Waals surface area contributed by atoms with E-state index in [1.165, 1.54) is 26.2 Å². The minimum absolute atomic E-state index is 0.417. The van der Waals surface area contributed by atoms with Crippen molar-refractivity contribution < 1.29 is 10.2 Å². The maximum Gasteiger partial charge on any atom is 0.332 e. The van der Waals surface area contributed by atoms with Crippen LogP contribution >= 0.6 is 0 Å². The highest BCUT2D eigenvalue weighted by Crippen LogP contribution is 2.00. The van der Waals surface area contributed by atoms with Crippen molar-refractivity contribution in [2.45, 2.75) is 26.3 Å². The highest BCUT2D eigenvalue weighted by Gasteiger charge is 2.09. The fourth-order valence-corrected chi connectivity index (χ4v) is 0.973. The van der Waals surface area contributed by atoms with E-state index in [0.29, 0.717) is 0 Å². The molecule has 0 aliphatic heterocycles. The Labute approximate surface area is 69.5 Å². The van der Waals surface area contributed by atoms with E-state index in [9.17, 15) is 4.79 Å². The molecule has 0 bridgehead atoms. The van der Waals surface area contributed by atoms with Gasteiger partial charge in [-0.05, 0) is 13.8 Å². The van der Waals surface area contributed by atoms with E-state index in [1.54, 1.807) is 0 Å². The van der Waals surface area contributed by atoms with Crippen molar-refractivity contribution in [3.63, 3.8) is 0 Å². The lowest BCUT2D eigenvalue weighted by Gasteiger charge is -2.05. The summed E-state index contributed by atoms with van der Waals surface area (Å²) in [4.78, 5) is 11.3. The van der Waals surface area contributed by atoms with E-state index >= 15 is 0 Å². The largest absolute Gasteiger partial charge is 0.373 e. The summed E-state index contributed by atoms with van der Waals surface area (Å²) in [5.41, 5.74) is -0.417. The van der Waals surface area contributed by atoms with Crippen LogP contribution in [0.3, 0.4) is 0 Å².